The topological polar surface area (TPSA) is 242 Å². The van der Waals surface area contributed by atoms with Gasteiger partial charge in [-0.15, -0.1) is 0 Å². The lowest BCUT2D eigenvalue weighted by Crippen LogP contribution is -2.38. The van der Waals surface area contributed by atoms with E-state index in [1.54, 1.807) is 19.9 Å². The van der Waals surface area contributed by atoms with E-state index in [0.29, 0.717) is 63.7 Å². The van der Waals surface area contributed by atoms with E-state index in [9.17, 15) is 59.1 Å². The quantitative estimate of drug-likeness (QED) is 0.0782. The molecule has 70 heavy (non-hydrogen) atoms. The second-order valence-electron chi connectivity index (χ2n) is 21.0. The average Bonchev–Trinajstić information content (AvgIpc) is 4.20. The number of benzene rings is 3. The zero-order valence-electron chi connectivity index (χ0n) is 37.9. The Kier molecular flexibility index (Phi) is 9.69. The SMILES string of the molecule is Cc1cc([N+](=O)[O-])ccc1N1C(=O)C2C3C=CC(C3)C2C1=O.Cc1cc([N+](=O)[O-])ccc1N1C(=O)C2C3CC(C2C1=O)C1C2C=CC(C2)C31.O=C1C2C3C=CC(C3)C2C(=O)N1c1ccc([N+](=O)[O-])cc1. The Morgan fingerprint density at radius 2 is 0.714 bits per heavy atom. The molecule has 11 aliphatic rings. The zero-order chi connectivity index (χ0) is 48.9. The number of hydrogen-bond donors (Lipinski definition) is 0. The van der Waals surface area contributed by atoms with E-state index in [-0.39, 0.29) is 112 Å². The summed E-state index contributed by atoms with van der Waals surface area (Å²) in [6.45, 7) is 3.41. The van der Waals surface area contributed by atoms with Crippen molar-refractivity contribution in [2.24, 2.45) is 94.7 Å². The zero-order valence-corrected chi connectivity index (χ0v) is 37.9. The lowest BCUT2D eigenvalue weighted by Gasteiger charge is -2.36. The van der Waals surface area contributed by atoms with Gasteiger partial charge in [-0.3, -0.25) is 64.0 Å². The first-order valence-corrected chi connectivity index (χ1v) is 24.0. The summed E-state index contributed by atoms with van der Waals surface area (Å²) in [5.74, 6) is 1.41. The minimum Gasteiger partial charge on any atom is -0.274 e. The molecule has 18 heteroatoms. The Balaban J connectivity index is 0.000000109. The predicted octanol–water partition coefficient (Wildman–Crippen LogP) is 7.22. The molecule has 16 unspecified atom stereocenters. The second-order valence-corrected chi connectivity index (χ2v) is 21.0. The molecule has 5 saturated carbocycles. The molecule has 0 spiro atoms. The Bertz CT molecular complexity index is 2940. The lowest BCUT2D eigenvalue weighted by atomic mass is 9.65. The van der Waals surface area contributed by atoms with Gasteiger partial charge in [-0.2, -0.15) is 0 Å². The van der Waals surface area contributed by atoms with Crippen LogP contribution in [-0.2, 0) is 28.8 Å². The lowest BCUT2D eigenvalue weighted by molar-refractivity contribution is -0.385. The smallest absolute Gasteiger partial charge is 0.269 e. The molecule has 8 bridgehead atoms. The van der Waals surface area contributed by atoms with Gasteiger partial charge in [0.05, 0.1) is 67.3 Å². The maximum Gasteiger partial charge on any atom is 0.269 e. The van der Waals surface area contributed by atoms with Gasteiger partial charge in [0.2, 0.25) is 35.4 Å². The first kappa shape index (κ1) is 43.8. The fraction of sp³-hybridized carbons (Fsp3) is 0.423. The third kappa shape index (κ3) is 6.09. The molecule has 0 radical (unpaired) electrons. The average molecular weight is 947 g/mol. The van der Waals surface area contributed by atoms with Gasteiger partial charge in [0.1, 0.15) is 0 Å². The van der Waals surface area contributed by atoms with Crippen LogP contribution in [0, 0.1) is 139 Å². The number of imide groups is 3. The summed E-state index contributed by atoms with van der Waals surface area (Å²) in [4.78, 5) is 112. The summed E-state index contributed by atoms with van der Waals surface area (Å²) in [5, 5.41) is 32.5. The van der Waals surface area contributed by atoms with Crippen molar-refractivity contribution in [3.8, 4) is 0 Å². The first-order valence-electron chi connectivity index (χ1n) is 24.0. The molecule has 3 aromatic carbocycles. The maximum atomic E-state index is 13.3. The minimum atomic E-state index is -0.504. The van der Waals surface area contributed by atoms with Crippen LogP contribution in [0.4, 0.5) is 34.1 Å². The van der Waals surface area contributed by atoms with Crippen molar-refractivity contribution in [1.29, 1.82) is 0 Å². The summed E-state index contributed by atoms with van der Waals surface area (Å²) >= 11 is 0. The molecule has 0 aromatic heterocycles. The molecule has 3 aromatic rings. The normalized spacial score (nSPS) is 36.5. The standard InChI is InChI=1S/C21H20N2O4.C16H14N2O4.C15H12N2O4/c1-9-6-12(23(26)27)4-5-15(9)22-20(24)18-13-8-14(19(18)21(22)25)17-11-3-2-10(7-11)16(13)17;1-8-6-11(18(21)22)4-5-12(8)17-15(19)13-9-2-3-10(7-9)14(13)16(17)20;18-14-12-8-1-2-9(7-8)13(12)15(19)16(14)10-3-5-11(6-4-10)17(20)21/h2-6,10-11,13-14,16-19H,7-8H2,1H3;2-6,9-10,13-14H,7H2,1H3;1-6,8-9,12-13H,7H2. The summed E-state index contributed by atoms with van der Waals surface area (Å²) < 4.78 is 0. The van der Waals surface area contributed by atoms with Crippen LogP contribution in [0.25, 0.3) is 0 Å². The largest absolute Gasteiger partial charge is 0.274 e. The van der Waals surface area contributed by atoms with Crippen LogP contribution >= 0.6 is 0 Å². The van der Waals surface area contributed by atoms with Crippen LogP contribution in [0.1, 0.15) is 36.8 Å². The summed E-state index contributed by atoms with van der Waals surface area (Å²) in [6, 6.07) is 14.2. The minimum absolute atomic E-state index is 0.0206. The highest BCUT2D eigenvalue weighted by molar-refractivity contribution is 6.24. The van der Waals surface area contributed by atoms with Gasteiger partial charge >= 0.3 is 0 Å². The monoisotopic (exact) mass is 946 g/mol. The number of aryl methyl sites for hydroxylation is 2. The number of nitrogens with zero attached hydrogens (tertiary/aromatic N) is 6. The number of rotatable bonds is 6. The second kappa shape index (κ2) is 15.5. The first-order chi connectivity index (χ1) is 33.5. The molecule has 14 rings (SSSR count). The Morgan fingerprint density at radius 1 is 0.400 bits per heavy atom. The Morgan fingerprint density at radius 3 is 1.07 bits per heavy atom. The van der Waals surface area contributed by atoms with Crippen LogP contribution in [0.3, 0.4) is 0 Å². The molecule has 18 nitrogen and oxygen atoms in total. The number of anilines is 3. The molecular weight excluding hydrogens is 901 g/mol. The van der Waals surface area contributed by atoms with E-state index in [1.165, 1.54) is 75.7 Å². The van der Waals surface area contributed by atoms with Gasteiger partial charge in [0, 0.05) is 36.4 Å². The number of non-ortho nitro benzene ring substituents is 3. The summed E-state index contributed by atoms with van der Waals surface area (Å²) in [7, 11) is 0. The molecule has 6 amide bonds. The van der Waals surface area contributed by atoms with Crippen molar-refractivity contribution in [2.45, 2.75) is 39.5 Å². The number of nitro groups is 3. The van der Waals surface area contributed by atoms with E-state index in [2.05, 4.69) is 12.2 Å². The molecule has 16 atom stereocenters. The van der Waals surface area contributed by atoms with E-state index < -0.39 is 14.8 Å². The summed E-state index contributed by atoms with van der Waals surface area (Å²) in [5.41, 5.74) is 2.45. The number of hydrogen-bond acceptors (Lipinski definition) is 12. The van der Waals surface area contributed by atoms with Gasteiger partial charge in [0.15, 0.2) is 0 Å². The molecule has 8 aliphatic carbocycles. The van der Waals surface area contributed by atoms with Crippen molar-refractivity contribution >= 4 is 69.6 Å². The molecule has 8 fully saturated rings. The van der Waals surface area contributed by atoms with Gasteiger partial charge in [-0.1, -0.05) is 36.5 Å². The van der Waals surface area contributed by atoms with Gasteiger partial charge in [-0.25, -0.2) is 9.80 Å². The number of fused-ring (bicyclic) bond motifs is 22. The third-order valence-electron chi connectivity index (χ3n) is 18.0. The highest BCUT2D eigenvalue weighted by atomic mass is 16.6. The Hall–Kier alpha value is -7.50. The summed E-state index contributed by atoms with van der Waals surface area (Å²) in [6.07, 6.45) is 16.8. The number of allylic oxidation sites excluding steroid dienone is 6. The van der Waals surface area contributed by atoms with Crippen molar-refractivity contribution < 1.29 is 43.5 Å². The van der Waals surface area contributed by atoms with Crippen molar-refractivity contribution in [3.05, 3.63) is 139 Å². The fourth-order valence-corrected chi connectivity index (χ4v) is 15.4. The molecular formula is C52H46N6O12. The van der Waals surface area contributed by atoms with Crippen molar-refractivity contribution in [2.75, 3.05) is 14.7 Å². The number of nitro benzene ring substituents is 3. The number of amides is 6. The van der Waals surface area contributed by atoms with Gasteiger partial charge in [0.25, 0.3) is 17.1 Å². The maximum absolute atomic E-state index is 13.3. The highest BCUT2D eigenvalue weighted by Crippen LogP contribution is 2.70. The van der Waals surface area contributed by atoms with Gasteiger partial charge < -0.3 is 0 Å². The Labute approximate surface area is 399 Å². The molecule has 3 saturated heterocycles. The fourth-order valence-electron chi connectivity index (χ4n) is 15.4. The van der Waals surface area contributed by atoms with Crippen molar-refractivity contribution in [1.82, 2.24) is 0 Å². The molecule has 3 aliphatic heterocycles. The van der Waals surface area contributed by atoms with E-state index in [1.807, 2.05) is 24.3 Å². The molecule has 0 N–H and O–H groups in total. The van der Waals surface area contributed by atoms with Crippen LogP contribution in [0.2, 0.25) is 0 Å². The van der Waals surface area contributed by atoms with E-state index >= 15 is 0 Å². The van der Waals surface area contributed by atoms with Crippen LogP contribution in [0.15, 0.2) is 97.1 Å². The van der Waals surface area contributed by atoms with Crippen LogP contribution < -0.4 is 14.7 Å². The number of carbonyl (C=O) groups excluding carboxylic acids is 6. The van der Waals surface area contributed by atoms with Gasteiger partial charge in [-0.05, 0) is 134 Å². The van der Waals surface area contributed by atoms with E-state index in [4.69, 9.17) is 0 Å². The van der Waals surface area contributed by atoms with E-state index in [0.717, 1.165) is 19.3 Å². The van der Waals surface area contributed by atoms with Crippen LogP contribution in [0.5, 0.6) is 0 Å². The number of carbonyl (C=O) groups is 6. The third-order valence-corrected chi connectivity index (χ3v) is 18.0. The van der Waals surface area contributed by atoms with Crippen LogP contribution in [-0.4, -0.2) is 50.2 Å². The highest BCUT2D eigenvalue weighted by Gasteiger charge is 2.71. The molecule has 356 valence electrons. The molecule has 3 heterocycles. The predicted molar refractivity (Wildman–Crippen MR) is 248 cm³/mol. The van der Waals surface area contributed by atoms with Crippen molar-refractivity contribution in [3.63, 3.8) is 0 Å².